The van der Waals surface area contributed by atoms with E-state index in [2.05, 4.69) is 55.4 Å². The Bertz CT molecular complexity index is 1840. The van der Waals surface area contributed by atoms with Crippen LogP contribution in [0.1, 0.15) is 370 Å². The Kier molecular flexibility index (Phi) is 62.2. The van der Waals surface area contributed by atoms with Gasteiger partial charge in [-0.2, -0.15) is 0 Å². The van der Waals surface area contributed by atoms with Crippen LogP contribution in [0.25, 0.3) is 0 Å². The molecule has 0 bridgehead atoms. The average Bonchev–Trinajstić information content (AvgIpc) is 2.55. The highest BCUT2D eigenvalue weighted by Crippen LogP contribution is 2.45. The van der Waals surface area contributed by atoms with Gasteiger partial charge in [-0.15, -0.1) is 0 Å². The largest absolute Gasteiger partial charge is 0.472 e. The fraction of sp³-hybridized carbons (Fsp3) is 0.946. The predicted molar refractivity (Wildman–Crippen MR) is 377 cm³/mol. The topological polar surface area (TPSA) is 237 Å². The van der Waals surface area contributed by atoms with E-state index >= 15 is 0 Å². The number of phosphoric acid groups is 2. The van der Waals surface area contributed by atoms with E-state index in [0.717, 1.165) is 114 Å². The smallest absolute Gasteiger partial charge is 0.462 e. The fourth-order valence-electron chi connectivity index (χ4n) is 11.2. The summed E-state index contributed by atoms with van der Waals surface area (Å²) in [5, 5.41) is 10.6. The van der Waals surface area contributed by atoms with Crippen LogP contribution in [-0.2, 0) is 65.4 Å². The molecule has 0 saturated carbocycles. The second kappa shape index (κ2) is 63.5. The number of carbonyl (C=O) groups is 4. The van der Waals surface area contributed by atoms with Gasteiger partial charge < -0.3 is 33.8 Å². The first-order valence-corrected chi connectivity index (χ1v) is 41.2. The number of rotatable bonds is 71. The molecule has 552 valence electrons. The molecule has 0 rings (SSSR count). The van der Waals surface area contributed by atoms with Gasteiger partial charge >= 0.3 is 39.5 Å². The number of aliphatic hydroxyl groups is 1. The molecule has 0 aromatic heterocycles. The summed E-state index contributed by atoms with van der Waals surface area (Å²) in [4.78, 5) is 72.7. The standard InChI is InChI=1S/C74H144O17P2/c1-9-67(8)53-45-37-32-33-39-47-55-72(77)85-61-70(90-73(78)56-48-40-30-24-20-16-12-14-18-22-27-35-43-51-65(4)5)63-89-93(82,83)87-59-68(75)58-86-92(80,81)88-62-69(91-74(79)57-49-41-31-25-28-36-44-52-66(6)7)60-84-71(76)54-46-38-29-23-19-15-11-10-13-17-21-26-34-42-50-64(2)3/h64-70,75H,9-63H2,1-8H3,(H,80,81)(H,82,83)/t67?,68-,69-,70-/m1/s1. The van der Waals surface area contributed by atoms with Crippen molar-refractivity contribution < 1.29 is 80.2 Å². The molecule has 17 nitrogen and oxygen atoms in total. The molecule has 0 aliphatic heterocycles. The maximum atomic E-state index is 13.0. The summed E-state index contributed by atoms with van der Waals surface area (Å²) >= 11 is 0. The Hall–Kier alpha value is -1.94. The maximum Gasteiger partial charge on any atom is 0.472 e. The summed E-state index contributed by atoms with van der Waals surface area (Å²) in [6.07, 6.45) is 47.3. The van der Waals surface area contributed by atoms with Crippen molar-refractivity contribution in [3.8, 4) is 0 Å². The molecule has 3 unspecified atom stereocenters. The van der Waals surface area contributed by atoms with E-state index in [1.165, 1.54) is 167 Å². The van der Waals surface area contributed by atoms with Crippen LogP contribution in [-0.4, -0.2) is 96.7 Å². The minimum Gasteiger partial charge on any atom is -0.462 e. The van der Waals surface area contributed by atoms with Gasteiger partial charge in [-0.05, 0) is 49.4 Å². The van der Waals surface area contributed by atoms with Gasteiger partial charge in [-0.1, -0.05) is 319 Å². The van der Waals surface area contributed by atoms with Crippen LogP contribution >= 0.6 is 15.6 Å². The summed E-state index contributed by atoms with van der Waals surface area (Å²) in [6, 6.07) is 0. The van der Waals surface area contributed by atoms with Gasteiger partial charge in [0.1, 0.15) is 19.3 Å². The van der Waals surface area contributed by atoms with Crippen molar-refractivity contribution >= 4 is 39.5 Å². The van der Waals surface area contributed by atoms with Gasteiger partial charge in [-0.3, -0.25) is 37.3 Å². The van der Waals surface area contributed by atoms with Crippen LogP contribution < -0.4 is 0 Å². The predicted octanol–water partition coefficient (Wildman–Crippen LogP) is 21.3. The van der Waals surface area contributed by atoms with Crippen molar-refractivity contribution in [1.29, 1.82) is 0 Å². The molecule has 0 fully saturated rings. The first-order chi connectivity index (χ1) is 44.6. The Morgan fingerprint density at radius 2 is 0.516 bits per heavy atom. The van der Waals surface area contributed by atoms with Crippen molar-refractivity contribution in [2.24, 2.45) is 23.7 Å². The average molecular weight is 1370 g/mol. The van der Waals surface area contributed by atoms with E-state index in [0.29, 0.717) is 31.6 Å². The summed E-state index contributed by atoms with van der Waals surface area (Å²) in [5.74, 6) is 0.886. The van der Waals surface area contributed by atoms with Crippen LogP contribution in [0.5, 0.6) is 0 Å². The van der Waals surface area contributed by atoms with E-state index in [9.17, 15) is 43.2 Å². The van der Waals surface area contributed by atoms with Crippen molar-refractivity contribution in [3.63, 3.8) is 0 Å². The normalized spacial score (nSPS) is 14.5. The molecule has 0 aliphatic rings. The minimum absolute atomic E-state index is 0.103. The Morgan fingerprint density at radius 1 is 0.301 bits per heavy atom. The van der Waals surface area contributed by atoms with Crippen molar-refractivity contribution in [2.45, 2.75) is 388 Å². The summed E-state index contributed by atoms with van der Waals surface area (Å²) in [7, 11) is -9.91. The molecule has 0 amide bonds. The molecule has 93 heavy (non-hydrogen) atoms. The first kappa shape index (κ1) is 91.1. The molecule has 0 aromatic rings. The second-order valence-corrected chi connectivity index (χ2v) is 31.3. The summed E-state index contributed by atoms with van der Waals surface area (Å²) < 4.78 is 68.4. The van der Waals surface area contributed by atoms with E-state index in [1.807, 2.05) is 0 Å². The highest BCUT2D eigenvalue weighted by atomic mass is 31.2. The zero-order valence-corrected chi connectivity index (χ0v) is 62.7. The van der Waals surface area contributed by atoms with Gasteiger partial charge in [0.15, 0.2) is 12.2 Å². The van der Waals surface area contributed by atoms with Crippen LogP contribution in [0.15, 0.2) is 0 Å². The second-order valence-electron chi connectivity index (χ2n) is 28.4. The van der Waals surface area contributed by atoms with Gasteiger partial charge in [0.2, 0.25) is 0 Å². The van der Waals surface area contributed by atoms with Gasteiger partial charge in [-0.25, -0.2) is 9.13 Å². The van der Waals surface area contributed by atoms with E-state index in [-0.39, 0.29) is 25.7 Å². The molecule has 0 saturated heterocycles. The third-order valence-electron chi connectivity index (χ3n) is 17.4. The lowest BCUT2D eigenvalue weighted by atomic mass is 10.00. The molecule has 0 spiro atoms. The van der Waals surface area contributed by atoms with E-state index < -0.39 is 97.5 Å². The number of hydrogen-bond acceptors (Lipinski definition) is 15. The number of esters is 4. The van der Waals surface area contributed by atoms with Crippen LogP contribution in [0.2, 0.25) is 0 Å². The number of hydrogen-bond donors (Lipinski definition) is 3. The van der Waals surface area contributed by atoms with Crippen LogP contribution in [0.4, 0.5) is 0 Å². The van der Waals surface area contributed by atoms with Gasteiger partial charge in [0, 0.05) is 25.7 Å². The molecular formula is C74H144O17P2. The molecule has 0 heterocycles. The van der Waals surface area contributed by atoms with E-state index in [4.69, 9.17) is 37.0 Å². The number of aliphatic hydroxyl groups excluding tert-OH is 1. The minimum atomic E-state index is -4.95. The number of carbonyl (C=O) groups excluding carboxylic acids is 4. The van der Waals surface area contributed by atoms with Crippen LogP contribution in [0, 0.1) is 23.7 Å². The number of ether oxygens (including phenoxy) is 4. The zero-order chi connectivity index (χ0) is 68.9. The Labute approximate surface area is 568 Å². The maximum absolute atomic E-state index is 13.0. The first-order valence-electron chi connectivity index (χ1n) is 38.2. The SMILES string of the molecule is CCC(C)CCCCCCCCC(=O)OC[C@H](COP(=O)(O)OC[C@H](O)COP(=O)(O)OC[C@@H](COC(=O)CCCCCCCCCCCCCCCCC(C)C)OC(=O)CCCCCCCCCC(C)C)OC(=O)CCCCCCCCCCCCCCCC(C)C. The van der Waals surface area contributed by atoms with Crippen molar-refractivity contribution in [1.82, 2.24) is 0 Å². The third-order valence-corrected chi connectivity index (χ3v) is 19.3. The third kappa shape index (κ3) is 67.0. The highest BCUT2D eigenvalue weighted by Gasteiger charge is 2.30. The molecular weight excluding hydrogens is 1220 g/mol. The zero-order valence-electron chi connectivity index (χ0n) is 60.9. The van der Waals surface area contributed by atoms with Gasteiger partial charge in [0.25, 0.3) is 0 Å². The Morgan fingerprint density at radius 3 is 0.763 bits per heavy atom. The van der Waals surface area contributed by atoms with Crippen molar-refractivity contribution in [3.05, 3.63) is 0 Å². The highest BCUT2D eigenvalue weighted by molar-refractivity contribution is 7.47. The molecule has 6 atom stereocenters. The lowest BCUT2D eigenvalue weighted by Gasteiger charge is -2.21. The summed E-state index contributed by atoms with van der Waals surface area (Å²) in [6.45, 7) is 14.1. The van der Waals surface area contributed by atoms with E-state index in [1.54, 1.807) is 0 Å². The molecule has 19 heteroatoms. The summed E-state index contributed by atoms with van der Waals surface area (Å²) in [5.41, 5.74) is 0. The number of phosphoric ester groups is 2. The molecule has 3 N–H and O–H groups in total. The molecule has 0 aromatic carbocycles. The lowest BCUT2D eigenvalue weighted by Crippen LogP contribution is -2.30. The quantitative estimate of drug-likeness (QED) is 0.0222. The van der Waals surface area contributed by atoms with Gasteiger partial charge in [0.05, 0.1) is 26.4 Å². The van der Waals surface area contributed by atoms with Crippen molar-refractivity contribution in [2.75, 3.05) is 39.6 Å². The fourth-order valence-corrected chi connectivity index (χ4v) is 12.7. The Balaban J connectivity index is 5.20. The van der Waals surface area contributed by atoms with Crippen LogP contribution in [0.3, 0.4) is 0 Å². The molecule has 0 aliphatic carbocycles. The number of unbranched alkanes of at least 4 members (excludes halogenated alkanes) is 36. The molecule has 0 radical (unpaired) electrons. The monoisotopic (exact) mass is 1370 g/mol. The lowest BCUT2D eigenvalue weighted by molar-refractivity contribution is -0.161.